The molecule has 0 unspecified atom stereocenters. The van der Waals surface area contributed by atoms with Gasteiger partial charge in [-0.2, -0.15) is 5.21 Å². The zero-order valence-electron chi connectivity index (χ0n) is 10.8. The Morgan fingerprint density at radius 2 is 2.14 bits per heavy atom. The summed E-state index contributed by atoms with van der Waals surface area (Å²) in [7, 11) is 0. The van der Waals surface area contributed by atoms with E-state index >= 15 is 0 Å². The smallest absolute Gasteiger partial charge is 0.274 e. The van der Waals surface area contributed by atoms with Crippen molar-refractivity contribution >= 4 is 17.3 Å². The van der Waals surface area contributed by atoms with Gasteiger partial charge in [-0.3, -0.25) is 4.79 Å². The maximum Gasteiger partial charge on any atom is 0.274 e. The van der Waals surface area contributed by atoms with E-state index in [0.717, 1.165) is 5.56 Å². The molecule has 0 fully saturated rings. The van der Waals surface area contributed by atoms with Gasteiger partial charge < -0.3 is 11.1 Å². The van der Waals surface area contributed by atoms with Gasteiger partial charge in [-0.15, -0.1) is 10.2 Å². The first kappa shape index (κ1) is 12.7. The van der Waals surface area contributed by atoms with Crippen LogP contribution in [0.5, 0.6) is 0 Å². The number of H-pyrrole nitrogens is 1. The van der Waals surface area contributed by atoms with Crippen molar-refractivity contribution in [1.82, 2.24) is 25.6 Å². The minimum Gasteiger partial charge on any atom is -0.397 e. The first-order chi connectivity index (χ1) is 10.2. The molecule has 0 aliphatic carbocycles. The number of nitrogen functional groups attached to an aromatic ring is 1. The number of nitrogens with two attached hydrogens (primary N) is 1. The van der Waals surface area contributed by atoms with Crippen LogP contribution in [0.2, 0.25) is 0 Å². The number of tetrazole rings is 1. The van der Waals surface area contributed by atoms with Crippen LogP contribution in [0.25, 0.3) is 11.4 Å². The number of benzene rings is 1. The van der Waals surface area contributed by atoms with E-state index in [1.807, 2.05) is 6.07 Å². The fraction of sp³-hybridized carbons (Fsp3) is 0. The minimum absolute atomic E-state index is 0.286. The van der Waals surface area contributed by atoms with Crippen LogP contribution >= 0.6 is 0 Å². The van der Waals surface area contributed by atoms with E-state index in [4.69, 9.17) is 5.73 Å². The van der Waals surface area contributed by atoms with Gasteiger partial charge in [0.15, 0.2) is 0 Å². The Morgan fingerprint density at radius 3 is 2.86 bits per heavy atom. The number of aromatic amines is 1. The Morgan fingerprint density at radius 1 is 1.24 bits per heavy atom. The highest BCUT2D eigenvalue weighted by molar-refractivity contribution is 6.03. The second-order valence-electron chi connectivity index (χ2n) is 4.25. The van der Waals surface area contributed by atoms with Crippen LogP contribution in [0.4, 0.5) is 11.4 Å². The Bertz CT molecular complexity index is 752. The van der Waals surface area contributed by atoms with E-state index in [9.17, 15) is 4.79 Å². The second kappa shape index (κ2) is 5.37. The molecule has 21 heavy (non-hydrogen) atoms. The summed E-state index contributed by atoms with van der Waals surface area (Å²) in [6, 6.07) is 10.3. The van der Waals surface area contributed by atoms with Crippen molar-refractivity contribution in [2.75, 3.05) is 11.1 Å². The third kappa shape index (κ3) is 2.84. The van der Waals surface area contributed by atoms with Crippen LogP contribution in [0.1, 0.15) is 10.5 Å². The van der Waals surface area contributed by atoms with Gasteiger partial charge in [0.2, 0.25) is 5.82 Å². The molecule has 2 aromatic heterocycles. The summed E-state index contributed by atoms with van der Waals surface area (Å²) in [5.74, 6) is 0.136. The van der Waals surface area contributed by atoms with E-state index in [2.05, 4.69) is 30.9 Å². The second-order valence-corrected chi connectivity index (χ2v) is 4.25. The minimum atomic E-state index is -0.319. The van der Waals surface area contributed by atoms with Gasteiger partial charge in [0.1, 0.15) is 5.69 Å². The molecule has 1 amide bonds. The van der Waals surface area contributed by atoms with E-state index in [0.29, 0.717) is 17.2 Å². The third-order valence-electron chi connectivity index (χ3n) is 2.74. The quantitative estimate of drug-likeness (QED) is 0.660. The normalized spacial score (nSPS) is 10.3. The molecule has 2 heterocycles. The molecule has 4 N–H and O–H groups in total. The maximum atomic E-state index is 12.1. The predicted octanol–water partition coefficient (Wildman–Crippen LogP) is 1.10. The number of nitrogens with one attached hydrogen (secondary N) is 2. The molecule has 104 valence electrons. The lowest BCUT2D eigenvalue weighted by atomic mass is 10.2. The third-order valence-corrected chi connectivity index (χ3v) is 2.74. The van der Waals surface area contributed by atoms with Gasteiger partial charge in [-0.05, 0) is 29.5 Å². The topological polar surface area (TPSA) is 122 Å². The Hall–Kier alpha value is -3.29. The number of amides is 1. The summed E-state index contributed by atoms with van der Waals surface area (Å²) >= 11 is 0. The van der Waals surface area contributed by atoms with Crippen LogP contribution in [0.15, 0.2) is 42.6 Å². The average molecular weight is 281 g/mol. The van der Waals surface area contributed by atoms with Crippen molar-refractivity contribution in [3.8, 4) is 11.4 Å². The van der Waals surface area contributed by atoms with E-state index in [1.54, 1.807) is 30.3 Å². The Balaban J connectivity index is 1.80. The molecule has 0 saturated heterocycles. The van der Waals surface area contributed by atoms with Gasteiger partial charge in [0, 0.05) is 11.3 Å². The van der Waals surface area contributed by atoms with Crippen molar-refractivity contribution in [2.45, 2.75) is 0 Å². The number of nitrogens with zero attached hydrogens (tertiary/aromatic N) is 4. The van der Waals surface area contributed by atoms with Gasteiger partial charge >= 0.3 is 0 Å². The molecular formula is C13H11N7O. The van der Waals surface area contributed by atoms with Gasteiger partial charge in [0.25, 0.3) is 5.91 Å². The van der Waals surface area contributed by atoms with E-state index < -0.39 is 0 Å². The highest BCUT2D eigenvalue weighted by Crippen LogP contribution is 2.18. The molecule has 8 heteroatoms. The summed E-state index contributed by atoms with van der Waals surface area (Å²) in [5, 5.41) is 16.4. The lowest BCUT2D eigenvalue weighted by Crippen LogP contribution is -2.13. The first-order valence-corrected chi connectivity index (χ1v) is 6.09. The summed E-state index contributed by atoms with van der Waals surface area (Å²) in [5.41, 5.74) is 7.68. The van der Waals surface area contributed by atoms with E-state index in [-0.39, 0.29) is 11.6 Å². The van der Waals surface area contributed by atoms with Crippen molar-refractivity contribution in [3.63, 3.8) is 0 Å². The summed E-state index contributed by atoms with van der Waals surface area (Å²) in [4.78, 5) is 16.0. The number of pyridine rings is 1. The zero-order chi connectivity index (χ0) is 14.7. The van der Waals surface area contributed by atoms with Crippen LogP contribution in [-0.2, 0) is 0 Å². The number of hydrogen-bond acceptors (Lipinski definition) is 6. The highest BCUT2D eigenvalue weighted by atomic mass is 16.1. The highest BCUT2D eigenvalue weighted by Gasteiger charge is 2.09. The van der Waals surface area contributed by atoms with Gasteiger partial charge in [-0.1, -0.05) is 12.1 Å². The first-order valence-electron chi connectivity index (χ1n) is 6.09. The number of rotatable bonds is 3. The molecule has 1 aromatic carbocycles. The van der Waals surface area contributed by atoms with Crippen molar-refractivity contribution in [2.24, 2.45) is 0 Å². The molecule has 0 atom stereocenters. The fourth-order valence-electron chi connectivity index (χ4n) is 1.75. The Kier molecular flexibility index (Phi) is 3.26. The van der Waals surface area contributed by atoms with Crippen molar-refractivity contribution in [3.05, 3.63) is 48.3 Å². The van der Waals surface area contributed by atoms with Crippen LogP contribution < -0.4 is 11.1 Å². The van der Waals surface area contributed by atoms with Gasteiger partial charge in [0.05, 0.1) is 11.9 Å². The predicted molar refractivity (Wildman–Crippen MR) is 76.2 cm³/mol. The lowest BCUT2D eigenvalue weighted by Gasteiger charge is -2.05. The van der Waals surface area contributed by atoms with Crippen LogP contribution in [0.3, 0.4) is 0 Å². The number of anilines is 2. The molecule has 3 aromatic rings. The zero-order valence-corrected chi connectivity index (χ0v) is 10.8. The fourth-order valence-corrected chi connectivity index (χ4v) is 1.75. The molecule has 0 radical (unpaired) electrons. The number of hydrogen-bond donors (Lipinski definition) is 3. The SMILES string of the molecule is Nc1ccc(C(=O)Nc2cccc(-c3nn[nH]n3)c2)nc1. The summed E-state index contributed by atoms with van der Waals surface area (Å²) in [6.07, 6.45) is 1.44. The van der Waals surface area contributed by atoms with E-state index in [1.165, 1.54) is 6.20 Å². The number of carbonyl (C=O) groups is 1. The molecule has 0 spiro atoms. The molecule has 3 rings (SSSR count). The molecular weight excluding hydrogens is 270 g/mol. The van der Waals surface area contributed by atoms with Crippen molar-refractivity contribution in [1.29, 1.82) is 0 Å². The molecule has 0 aliphatic rings. The molecule has 0 aliphatic heterocycles. The monoisotopic (exact) mass is 281 g/mol. The van der Waals surface area contributed by atoms with Crippen LogP contribution in [0, 0.1) is 0 Å². The standard InChI is InChI=1S/C13H11N7O/c14-9-4-5-11(15-7-9)13(21)16-10-3-1-2-8(6-10)12-17-19-20-18-12/h1-7H,14H2,(H,16,21)(H,17,18,19,20). The number of aromatic nitrogens is 5. The molecule has 0 saturated carbocycles. The maximum absolute atomic E-state index is 12.1. The molecule has 8 nitrogen and oxygen atoms in total. The lowest BCUT2D eigenvalue weighted by molar-refractivity contribution is 0.102. The van der Waals surface area contributed by atoms with Crippen LogP contribution in [-0.4, -0.2) is 31.5 Å². The largest absolute Gasteiger partial charge is 0.397 e. The van der Waals surface area contributed by atoms with Gasteiger partial charge in [-0.25, -0.2) is 4.98 Å². The Labute approximate surface area is 119 Å². The summed E-state index contributed by atoms with van der Waals surface area (Å²) in [6.45, 7) is 0. The van der Waals surface area contributed by atoms with Crippen molar-refractivity contribution < 1.29 is 4.79 Å². The average Bonchev–Trinajstić information content (AvgIpc) is 3.02. The number of carbonyl (C=O) groups excluding carboxylic acids is 1. The summed E-state index contributed by atoms with van der Waals surface area (Å²) < 4.78 is 0. The molecule has 0 bridgehead atoms.